The summed E-state index contributed by atoms with van der Waals surface area (Å²) >= 11 is 3.94. The number of quaternary nitrogens is 1. The second-order valence-corrected chi connectivity index (χ2v) is 8.55. The van der Waals surface area contributed by atoms with Crippen LogP contribution in [0.25, 0.3) is 0 Å². The molecule has 0 spiro atoms. The summed E-state index contributed by atoms with van der Waals surface area (Å²) < 4.78 is 1.07. The molecule has 0 atom stereocenters. The van der Waals surface area contributed by atoms with Crippen LogP contribution in [0.15, 0.2) is 0 Å². The minimum atomic E-state index is 0.993. The van der Waals surface area contributed by atoms with Crippen LogP contribution in [0, 0.1) is 34.6 Å². The molecule has 1 fully saturated rings. The summed E-state index contributed by atoms with van der Waals surface area (Å²) in [5.74, 6) is 0. The van der Waals surface area contributed by atoms with Gasteiger partial charge in [-0.25, -0.2) is 0 Å². The zero-order valence-electron chi connectivity index (χ0n) is 15.0. The molecule has 0 aromatic heterocycles. The molecule has 1 aromatic carbocycles. The van der Waals surface area contributed by atoms with E-state index < -0.39 is 0 Å². The SMILES string of the molecule is Cc1c(C)c(C)c(CNCC[N+]2(Br)CCCCC2)c(C)c1C. The highest BCUT2D eigenvalue weighted by Crippen LogP contribution is 2.26. The van der Waals surface area contributed by atoms with E-state index in [1.807, 2.05) is 0 Å². The number of halogens is 1. The topological polar surface area (TPSA) is 12.0 Å². The van der Waals surface area contributed by atoms with Crippen LogP contribution in [-0.2, 0) is 6.54 Å². The molecule has 1 saturated heterocycles. The molecule has 1 aliphatic heterocycles. The maximum atomic E-state index is 3.94. The average Bonchev–Trinajstić information content (AvgIpc) is 2.51. The van der Waals surface area contributed by atoms with Gasteiger partial charge in [-0.3, -0.25) is 3.51 Å². The van der Waals surface area contributed by atoms with E-state index in [4.69, 9.17) is 0 Å². The number of piperidine rings is 1. The van der Waals surface area contributed by atoms with Crippen LogP contribution in [0.4, 0.5) is 0 Å². The predicted octanol–water partition coefficient (Wildman–Crippen LogP) is 4.63. The molecular formula is C19H32BrN2+. The van der Waals surface area contributed by atoms with Gasteiger partial charge in [-0.05, 0) is 87.3 Å². The Bertz CT molecular complexity index is 502. The first-order valence-electron chi connectivity index (χ1n) is 8.68. The Hall–Kier alpha value is -0.380. The molecule has 2 nitrogen and oxygen atoms in total. The maximum absolute atomic E-state index is 3.94. The van der Waals surface area contributed by atoms with E-state index in [1.165, 1.54) is 72.3 Å². The van der Waals surface area contributed by atoms with Crippen molar-refractivity contribution in [2.75, 3.05) is 26.2 Å². The maximum Gasteiger partial charge on any atom is 0.227 e. The summed E-state index contributed by atoms with van der Waals surface area (Å²) in [6.45, 7) is 17.1. The standard InChI is InChI=1S/C19H32BrN2/c1-14-15(2)17(4)19(18(5)16(14)3)13-21-9-12-22(20)10-7-6-8-11-22/h21H,6-13H2,1-5H3/q+1. The van der Waals surface area contributed by atoms with Crippen molar-refractivity contribution < 1.29 is 3.51 Å². The zero-order chi connectivity index (χ0) is 16.3. The monoisotopic (exact) mass is 367 g/mol. The third-order valence-corrected chi connectivity index (χ3v) is 6.83. The van der Waals surface area contributed by atoms with Crippen molar-refractivity contribution >= 4 is 16.1 Å². The summed E-state index contributed by atoms with van der Waals surface area (Å²) in [5, 5.41) is 3.68. The van der Waals surface area contributed by atoms with Crippen molar-refractivity contribution in [3.05, 3.63) is 33.4 Å². The first kappa shape index (κ1) is 18.0. The van der Waals surface area contributed by atoms with Gasteiger partial charge in [0.2, 0.25) is 16.1 Å². The molecule has 0 unspecified atom stereocenters. The summed E-state index contributed by atoms with van der Waals surface area (Å²) in [7, 11) is 0. The lowest BCUT2D eigenvalue weighted by atomic mass is 9.89. The van der Waals surface area contributed by atoms with Crippen molar-refractivity contribution in [1.29, 1.82) is 0 Å². The molecule has 1 N–H and O–H groups in total. The van der Waals surface area contributed by atoms with Crippen LogP contribution in [0.2, 0.25) is 0 Å². The van der Waals surface area contributed by atoms with E-state index >= 15 is 0 Å². The van der Waals surface area contributed by atoms with Gasteiger partial charge in [0.15, 0.2) is 0 Å². The summed E-state index contributed by atoms with van der Waals surface area (Å²) in [6, 6.07) is 0. The fourth-order valence-corrected chi connectivity index (χ4v) is 4.32. The summed E-state index contributed by atoms with van der Waals surface area (Å²) in [6.07, 6.45) is 4.12. The zero-order valence-corrected chi connectivity index (χ0v) is 16.6. The van der Waals surface area contributed by atoms with E-state index in [0.29, 0.717) is 0 Å². The molecule has 0 aliphatic carbocycles. The normalized spacial score (nSPS) is 17.7. The predicted molar refractivity (Wildman–Crippen MR) is 99.5 cm³/mol. The van der Waals surface area contributed by atoms with Gasteiger partial charge < -0.3 is 5.32 Å². The molecule has 0 amide bonds. The van der Waals surface area contributed by atoms with E-state index in [9.17, 15) is 0 Å². The fourth-order valence-electron chi connectivity index (χ4n) is 3.64. The number of hydrogen-bond acceptors (Lipinski definition) is 1. The first-order valence-corrected chi connectivity index (χ1v) is 9.39. The molecule has 0 bridgehead atoms. The fraction of sp³-hybridized carbons (Fsp3) is 0.684. The highest BCUT2D eigenvalue weighted by atomic mass is 79.9. The third kappa shape index (κ3) is 3.93. The Balaban J connectivity index is 1.95. The Morgan fingerprint density at radius 3 is 1.86 bits per heavy atom. The Morgan fingerprint density at radius 2 is 1.32 bits per heavy atom. The summed E-state index contributed by atoms with van der Waals surface area (Å²) in [5.41, 5.74) is 8.81. The van der Waals surface area contributed by atoms with E-state index in [1.54, 1.807) is 0 Å². The lowest BCUT2D eigenvalue weighted by Crippen LogP contribution is -2.46. The molecule has 1 aliphatic rings. The average molecular weight is 368 g/mol. The van der Waals surface area contributed by atoms with Crippen molar-refractivity contribution in [3.63, 3.8) is 0 Å². The molecule has 3 heteroatoms. The van der Waals surface area contributed by atoms with Crippen molar-refractivity contribution in [1.82, 2.24) is 5.32 Å². The second kappa shape index (κ2) is 7.46. The molecule has 1 heterocycles. The Labute approximate surface area is 145 Å². The Morgan fingerprint density at radius 1 is 0.818 bits per heavy atom. The highest BCUT2D eigenvalue weighted by Gasteiger charge is 2.27. The van der Waals surface area contributed by atoms with Crippen molar-refractivity contribution in [2.24, 2.45) is 0 Å². The van der Waals surface area contributed by atoms with Crippen LogP contribution in [-0.4, -0.2) is 29.7 Å². The van der Waals surface area contributed by atoms with Crippen LogP contribution in [0.1, 0.15) is 52.6 Å². The van der Waals surface area contributed by atoms with E-state index in [0.717, 1.165) is 16.6 Å². The van der Waals surface area contributed by atoms with Crippen LogP contribution < -0.4 is 5.32 Å². The number of hydrogen-bond donors (Lipinski definition) is 1. The molecule has 2 rings (SSSR count). The van der Waals surface area contributed by atoms with Crippen LogP contribution >= 0.6 is 16.1 Å². The van der Waals surface area contributed by atoms with Gasteiger partial charge >= 0.3 is 0 Å². The summed E-state index contributed by atoms with van der Waals surface area (Å²) in [4.78, 5) is 0. The smallest absolute Gasteiger partial charge is 0.227 e. The first-order chi connectivity index (χ1) is 10.4. The molecule has 22 heavy (non-hydrogen) atoms. The van der Waals surface area contributed by atoms with Gasteiger partial charge in [0, 0.05) is 13.1 Å². The second-order valence-electron chi connectivity index (χ2n) is 7.04. The lowest BCUT2D eigenvalue weighted by molar-refractivity contribution is -0.784. The number of benzene rings is 1. The van der Waals surface area contributed by atoms with Crippen molar-refractivity contribution in [3.8, 4) is 0 Å². The van der Waals surface area contributed by atoms with Gasteiger partial charge in [-0.1, -0.05) is 0 Å². The molecule has 0 radical (unpaired) electrons. The molecular weight excluding hydrogens is 336 g/mol. The largest absolute Gasteiger partial charge is 0.307 e. The lowest BCUT2D eigenvalue weighted by Gasteiger charge is -2.34. The number of nitrogens with one attached hydrogen (secondary N) is 1. The minimum Gasteiger partial charge on any atom is -0.307 e. The van der Waals surface area contributed by atoms with E-state index in [2.05, 4.69) is 56.1 Å². The minimum absolute atomic E-state index is 0.993. The molecule has 124 valence electrons. The molecule has 0 saturated carbocycles. The van der Waals surface area contributed by atoms with Gasteiger partial charge in [0.05, 0.1) is 13.1 Å². The third-order valence-electron chi connectivity index (χ3n) is 5.76. The van der Waals surface area contributed by atoms with E-state index in [-0.39, 0.29) is 0 Å². The van der Waals surface area contributed by atoms with Crippen LogP contribution in [0.3, 0.4) is 0 Å². The van der Waals surface area contributed by atoms with Gasteiger partial charge in [0.25, 0.3) is 0 Å². The van der Waals surface area contributed by atoms with Gasteiger partial charge in [-0.2, -0.15) is 0 Å². The van der Waals surface area contributed by atoms with Crippen molar-refractivity contribution in [2.45, 2.75) is 60.4 Å². The highest BCUT2D eigenvalue weighted by molar-refractivity contribution is 9.05. The number of nitrogens with zero attached hydrogens (tertiary/aromatic N) is 1. The van der Waals surface area contributed by atoms with Gasteiger partial charge in [0.1, 0.15) is 6.54 Å². The van der Waals surface area contributed by atoms with Crippen LogP contribution in [0.5, 0.6) is 0 Å². The molecule has 1 aromatic rings. The Kier molecular flexibility index (Phi) is 6.09. The quantitative estimate of drug-likeness (QED) is 0.590. The van der Waals surface area contributed by atoms with Gasteiger partial charge in [-0.15, -0.1) is 0 Å². The number of rotatable bonds is 5. The number of likely N-dealkylation sites (tertiary alicyclic amines) is 1.